The van der Waals surface area contributed by atoms with E-state index < -0.39 is 0 Å². The normalized spacial score (nSPS) is 12.5. The molecule has 0 heterocycles. The van der Waals surface area contributed by atoms with Gasteiger partial charge in [-0.05, 0) is 50.2 Å². The van der Waals surface area contributed by atoms with Crippen molar-refractivity contribution in [1.82, 2.24) is 0 Å². The van der Waals surface area contributed by atoms with E-state index in [-0.39, 0.29) is 6.04 Å². The van der Waals surface area contributed by atoms with Crippen LogP contribution in [0.3, 0.4) is 0 Å². The number of guanidine groups is 1. The molecule has 23 heavy (non-hydrogen) atoms. The van der Waals surface area contributed by atoms with Crippen LogP contribution in [0.15, 0.2) is 58.5 Å². The van der Waals surface area contributed by atoms with Crippen molar-refractivity contribution in [2.24, 2.45) is 21.5 Å². The highest BCUT2D eigenvalue weighted by atomic mass is 35.5. The molecule has 2 rings (SSSR count). The van der Waals surface area contributed by atoms with Gasteiger partial charge in [-0.25, -0.2) is 4.99 Å². The third kappa shape index (κ3) is 5.30. The SMILES string of the molecule is CC(C)N=C(N)Nc1cccc(C(N)=Nc2ccc(Cl)cc2)c1. The molecule has 0 bridgehead atoms. The molecule has 2 aromatic rings. The molecule has 5 nitrogen and oxygen atoms in total. The minimum absolute atomic E-state index is 0.127. The van der Waals surface area contributed by atoms with E-state index in [9.17, 15) is 0 Å². The van der Waals surface area contributed by atoms with Crippen molar-refractivity contribution in [3.63, 3.8) is 0 Å². The maximum atomic E-state index is 6.07. The Bertz CT molecular complexity index is 720. The molecule has 0 fully saturated rings. The Morgan fingerprint density at radius 1 is 1.09 bits per heavy atom. The lowest BCUT2D eigenvalue weighted by atomic mass is 10.2. The molecular weight excluding hydrogens is 310 g/mol. The summed E-state index contributed by atoms with van der Waals surface area (Å²) in [5.41, 5.74) is 14.2. The van der Waals surface area contributed by atoms with Crippen LogP contribution in [0.4, 0.5) is 11.4 Å². The summed E-state index contributed by atoms with van der Waals surface area (Å²) in [6.45, 7) is 3.92. The van der Waals surface area contributed by atoms with Crippen LogP contribution in [0, 0.1) is 0 Å². The third-order valence-corrected chi connectivity index (χ3v) is 3.16. The molecule has 0 amide bonds. The van der Waals surface area contributed by atoms with Crippen molar-refractivity contribution in [2.75, 3.05) is 5.32 Å². The molecule has 0 unspecified atom stereocenters. The number of hydrogen-bond acceptors (Lipinski definition) is 2. The number of aliphatic imine (C=N–C) groups is 2. The van der Waals surface area contributed by atoms with Crippen molar-refractivity contribution >= 4 is 34.8 Å². The van der Waals surface area contributed by atoms with E-state index in [1.165, 1.54) is 0 Å². The second kappa shape index (κ2) is 7.65. The van der Waals surface area contributed by atoms with E-state index in [0.717, 1.165) is 16.9 Å². The molecule has 2 aromatic carbocycles. The predicted molar refractivity (Wildman–Crippen MR) is 98.7 cm³/mol. The molecule has 0 radical (unpaired) electrons. The topological polar surface area (TPSA) is 88.8 Å². The number of hydrogen-bond donors (Lipinski definition) is 3. The minimum Gasteiger partial charge on any atom is -0.383 e. The Hall–Kier alpha value is -2.53. The Morgan fingerprint density at radius 3 is 2.43 bits per heavy atom. The van der Waals surface area contributed by atoms with Crippen LogP contribution in [0.25, 0.3) is 0 Å². The molecule has 0 atom stereocenters. The Kier molecular flexibility index (Phi) is 5.60. The van der Waals surface area contributed by atoms with E-state index in [1.807, 2.05) is 50.2 Å². The van der Waals surface area contributed by atoms with Crippen LogP contribution in [0.2, 0.25) is 5.02 Å². The quantitative estimate of drug-likeness (QED) is 0.592. The summed E-state index contributed by atoms with van der Waals surface area (Å²) < 4.78 is 0. The lowest BCUT2D eigenvalue weighted by Gasteiger charge is -2.09. The molecule has 5 N–H and O–H groups in total. The molecular formula is C17H20ClN5. The van der Waals surface area contributed by atoms with Gasteiger partial charge in [0.1, 0.15) is 5.84 Å². The summed E-state index contributed by atoms with van der Waals surface area (Å²) in [7, 11) is 0. The highest BCUT2D eigenvalue weighted by Gasteiger charge is 2.02. The summed E-state index contributed by atoms with van der Waals surface area (Å²) in [5.74, 6) is 0.778. The Labute approximate surface area is 141 Å². The van der Waals surface area contributed by atoms with Crippen LogP contribution >= 0.6 is 11.6 Å². The maximum Gasteiger partial charge on any atom is 0.193 e. The summed E-state index contributed by atoms with van der Waals surface area (Å²) in [4.78, 5) is 8.62. The van der Waals surface area contributed by atoms with Gasteiger partial charge in [0.25, 0.3) is 0 Å². The predicted octanol–water partition coefficient (Wildman–Crippen LogP) is 3.51. The molecule has 0 saturated carbocycles. The van der Waals surface area contributed by atoms with Crippen molar-refractivity contribution in [1.29, 1.82) is 0 Å². The van der Waals surface area contributed by atoms with Gasteiger partial charge in [0, 0.05) is 22.3 Å². The number of nitrogens with zero attached hydrogens (tertiary/aromatic N) is 2. The summed E-state index contributed by atoms with van der Waals surface area (Å²) in [6, 6.07) is 14.8. The average Bonchev–Trinajstić information content (AvgIpc) is 2.49. The standard InChI is InChI=1S/C17H20ClN5/c1-11(2)21-17(20)23-15-5-3-4-12(10-15)16(19)22-14-8-6-13(18)7-9-14/h3-11H,1-2H3,(H2,19,22)(H3,20,21,23). The second-order valence-electron chi connectivity index (χ2n) is 5.29. The number of rotatable bonds is 4. The van der Waals surface area contributed by atoms with Crippen molar-refractivity contribution in [3.8, 4) is 0 Å². The highest BCUT2D eigenvalue weighted by molar-refractivity contribution is 6.30. The molecule has 6 heteroatoms. The van der Waals surface area contributed by atoms with E-state index in [0.29, 0.717) is 16.8 Å². The van der Waals surface area contributed by atoms with Gasteiger partial charge in [0.2, 0.25) is 0 Å². The second-order valence-corrected chi connectivity index (χ2v) is 5.72. The maximum absolute atomic E-state index is 6.07. The molecule has 0 aliphatic heterocycles. The monoisotopic (exact) mass is 329 g/mol. The fraction of sp³-hybridized carbons (Fsp3) is 0.176. The van der Waals surface area contributed by atoms with Crippen LogP contribution < -0.4 is 16.8 Å². The Morgan fingerprint density at radius 2 is 1.78 bits per heavy atom. The van der Waals surface area contributed by atoms with Crippen LogP contribution in [-0.2, 0) is 0 Å². The smallest absolute Gasteiger partial charge is 0.193 e. The van der Waals surface area contributed by atoms with Crippen LogP contribution in [0.5, 0.6) is 0 Å². The number of anilines is 1. The van der Waals surface area contributed by atoms with Crippen LogP contribution in [-0.4, -0.2) is 17.8 Å². The molecule has 0 aliphatic rings. The molecule has 0 spiro atoms. The molecule has 0 aromatic heterocycles. The van der Waals surface area contributed by atoms with Gasteiger partial charge in [0.05, 0.1) is 5.69 Å². The minimum atomic E-state index is 0.127. The van der Waals surface area contributed by atoms with Gasteiger partial charge in [0.15, 0.2) is 5.96 Å². The van der Waals surface area contributed by atoms with Crippen molar-refractivity contribution in [3.05, 3.63) is 59.1 Å². The van der Waals surface area contributed by atoms with Crippen molar-refractivity contribution < 1.29 is 0 Å². The van der Waals surface area contributed by atoms with Gasteiger partial charge in [-0.15, -0.1) is 0 Å². The molecule has 0 aliphatic carbocycles. The molecule has 0 saturated heterocycles. The summed E-state index contributed by atoms with van der Waals surface area (Å²) >= 11 is 5.86. The van der Waals surface area contributed by atoms with E-state index in [1.54, 1.807) is 12.1 Å². The first-order valence-corrected chi connectivity index (χ1v) is 7.62. The first-order chi connectivity index (χ1) is 10.9. The number of nitrogens with two attached hydrogens (primary N) is 2. The number of nitrogens with one attached hydrogen (secondary N) is 1. The van der Waals surface area contributed by atoms with Gasteiger partial charge in [-0.3, -0.25) is 4.99 Å². The highest BCUT2D eigenvalue weighted by Crippen LogP contribution is 2.18. The van der Waals surface area contributed by atoms with E-state index in [4.69, 9.17) is 23.1 Å². The van der Waals surface area contributed by atoms with Gasteiger partial charge in [-0.2, -0.15) is 0 Å². The molecule has 120 valence electrons. The summed E-state index contributed by atoms with van der Waals surface area (Å²) in [6.07, 6.45) is 0. The number of benzene rings is 2. The number of halogens is 1. The van der Waals surface area contributed by atoms with Crippen LogP contribution in [0.1, 0.15) is 19.4 Å². The fourth-order valence-corrected chi connectivity index (χ4v) is 2.06. The summed E-state index contributed by atoms with van der Waals surface area (Å²) in [5, 5.41) is 3.70. The van der Waals surface area contributed by atoms with Crippen molar-refractivity contribution in [2.45, 2.75) is 19.9 Å². The van der Waals surface area contributed by atoms with Gasteiger partial charge >= 0.3 is 0 Å². The zero-order chi connectivity index (χ0) is 16.8. The first-order valence-electron chi connectivity index (χ1n) is 7.24. The first kappa shape index (κ1) is 16.8. The van der Waals surface area contributed by atoms with Gasteiger partial charge < -0.3 is 16.8 Å². The van der Waals surface area contributed by atoms with Gasteiger partial charge in [-0.1, -0.05) is 23.7 Å². The third-order valence-electron chi connectivity index (χ3n) is 2.90. The van der Waals surface area contributed by atoms with E-state index >= 15 is 0 Å². The zero-order valence-corrected chi connectivity index (χ0v) is 13.9. The lowest BCUT2D eigenvalue weighted by molar-refractivity contribution is 0.833. The average molecular weight is 330 g/mol. The van der Waals surface area contributed by atoms with E-state index in [2.05, 4.69) is 15.3 Å². The zero-order valence-electron chi connectivity index (χ0n) is 13.1. The lowest BCUT2D eigenvalue weighted by Crippen LogP contribution is -2.24. The largest absolute Gasteiger partial charge is 0.383 e. The number of amidine groups is 1. The Balaban J connectivity index is 2.20. The fourth-order valence-electron chi connectivity index (χ4n) is 1.93.